The van der Waals surface area contributed by atoms with Crippen LogP contribution in [0.3, 0.4) is 0 Å². The molecule has 0 saturated carbocycles. The van der Waals surface area contributed by atoms with Gasteiger partial charge in [-0.05, 0) is 41.8 Å². The second kappa shape index (κ2) is 8.51. The SMILES string of the molecule is COCCCn1c(O)c(C=Nc2ccc3ccccc3c2)c(C)c(C#N)c1=O. The number of hydrogen-bond acceptors (Lipinski definition) is 5. The van der Waals surface area contributed by atoms with Crippen LogP contribution in [0.4, 0.5) is 5.69 Å². The van der Waals surface area contributed by atoms with Gasteiger partial charge in [0.15, 0.2) is 0 Å². The zero-order valence-corrected chi connectivity index (χ0v) is 15.8. The standard InChI is InChI=1S/C22H21N3O3/c1-15-19(13-23)21(26)25(10-5-11-28-2)22(27)20(15)14-24-18-9-8-16-6-3-4-7-17(16)12-18/h3-4,6-9,12,14,27H,5,10-11H2,1-2H3. The number of benzene rings is 2. The molecule has 0 aliphatic heterocycles. The summed E-state index contributed by atoms with van der Waals surface area (Å²) in [5.41, 5.74) is 0.999. The molecule has 6 nitrogen and oxygen atoms in total. The summed E-state index contributed by atoms with van der Waals surface area (Å²) in [4.78, 5) is 17.0. The summed E-state index contributed by atoms with van der Waals surface area (Å²) in [5, 5.41) is 22.2. The first-order valence-electron chi connectivity index (χ1n) is 8.95. The zero-order valence-electron chi connectivity index (χ0n) is 15.8. The summed E-state index contributed by atoms with van der Waals surface area (Å²) in [6, 6.07) is 15.7. The van der Waals surface area contributed by atoms with E-state index in [1.54, 1.807) is 14.0 Å². The number of aromatic nitrogens is 1. The Bertz CT molecular complexity index is 1140. The minimum absolute atomic E-state index is 0.00942. The molecule has 1 N–H and O–H groups in total. The molecule has 0 amide bonds. The van der Waals surface area contributed by atoms with Crippen LogP contribution < -0.4 is 5.56 Å². The maximum Gasteiger partial charge on any atom is 0.271 e. The van der Waals surface area contributed by atoms with Gasteiger partial charge in [-0.1, -0.05) is 30.3 Å². The third-order valence-electron chi connectivity index (χ3n) is 4.65. The van der Waals surface area contributed by atoms with Crippen LogP contribution in [0.25, 0.3) is 10.8 Å². The number of pyridine rings is 1. The molecule has 0 atom stereocenters. The molecule has 0 fully saturated rings. The predicted octanol–water partition coefficient (Wildman–Crippen LogP) is 3.67. The van der Waals surface area contributed by atoms with Gasteiger partial charge in [0.05, 0.1) is 11.3 Å². The monoisotopic (exact) mass is 375 g/mol. The fraction of sp³-hybridized carbons (Fsp3) is 0.227. The Kier molecular flexibility index (Phi) is 5.87. The smallest absolute Gasteiger partial charge is 0.271 e. The number of rotatable bonds is 6. The predicted molar refractivity (Wildman–Crippen MR) is 110 cm³/mol. The van der Waals surface area contributed by atoms with E-state index in [0.29, 0.717) is 29.8 Å². The van der Waals surface area contributed by atoms with E-state index in [1.807, 2.05) is 48.5 Å². The molecule has 2 aromatic carbocycles. The fourth-order valence-corrected chi connectivity index (χ4v) is 3.10. The van der Waals surface area contributed by atoms with Crippen molar-refractivity contribution in [2.75, 3.05) is 13.7 Å². The van der Waals surface area contributed by atoms with Crippen molar-refractivity contribution in [3.63, 3.8) is 0 Å². The van der Waals surface area contributed by atoms with Crippen molar-refractivity contribution in [2.24, 2.45) is 4.99 Å². The fourth-order valence-electron chi connectivity index (χ4n) is 3.10. The molecule has 0 saturated heterocycles. The van der Waals surface area contributed by atoms with E-state index in [4.69, 9.17) is 4.74 Å². The van der Waals surface area contributed by atoms with Gasteiger partial charge in [0, 0.05) is 26.5 Å². The van der Waals surface area contributed by atoms with E-state index in [-0.39, 0.29) is 18.0 Å². The number of methoxy groups -OCH3 is 1. The second-order valence-corrected chi connectivity index (χ2v) is 6.44. The highest BCUT2D eigenvalue weighted by Crippen LogP contribution is 2.24. The third-order valence-corrected chi connectivity index (χ3v) is 4.65. The van der Waals surface area contributed by atoms with Gasteiger partial charge in [-0.3, -0.25) is 14.4 Å². The summed E-state index contributed by atoms with van der Waals surface area (Å²) in [7, 11) is 1.57. The molecule has 0 bridgehead atoms. The molecule has 1 aromatic heterocycles. The maximum atomic E-state index is 12.5. The first kappa shape index (κ1) is 19.3. The van der Waals surface area contributed by atoms with Crippen LogP contribution in [0.15, 0.2) is 52.3 Å². The third kappa shape index (κ3) is 3.80. The van der Waals surface area contributed by atoms with Crippen molar-refractivity contribution in [2.45, 2.75) is 19.9 Å². The summed E-state index contributed by atoms with van der Waals surface area (Å²) >= 11 is 0. The number of nitrogens with zero attached hydrogens (tertiary/aromatic N) is 3. The molecular weight excluding hydrogens is 354 g/mol. The Hall–Kier alpha value is -3.43. The normalized spacial score (nSPS) is 11.2. The van der Waals surface area contributed by atoms with E-state index >= 15 is 0 Å². The molecule has 0 aliphatic rings. The number of nitriles is 1. The molecular formula is C22H21N3O3. The van der Waals surface area contributed by atoms with E-state index in [1.165, 1.54) is 10.8 Å². The van der Waals surface area contributed by atoms with Crippen LogP contribution in [0.2, 0.25) is 0 Å². The van der Waals surface area contributed by atoms with Crippen molar-refractivity contribution in [3.05, 3.63) is 69.5 Å². The van der Waals surface area contributed by atoms with Crippen molar-refractivity contribution in [1.82, 2.24) is 4.57 Å². The van der Waals surface area contributed by atoms with Crippen LogP contribution in [0.5, 0.6) is 5.88 Å². The molecule has 3 rings (SSSR count). The summed E-state index contributed by atoms with van der Waals surface area (Å²) in [5.74, 6) is -0.192. The van der Waals surface area contributed by atoms with Gasteiger partial charge in [0.2, 0.25) is 5.88 Å². The minimum Gasteiger partial charge on any atom is -0.494 e. The first-order valence-corrected chi connectivity index (χ1v) is 8.95. The lowest BCUT2D eigenvalue weighted by Crippen LogP contribution is -2.26. The topological polar surface area (TPSA) is 87.6 Å². The van der Waals surface area contributed by atoms with Crippen molar-refractivity contribution >= 4 is 22.7 Å². The van der Waals surface area contributed by atoms with Gasteiger partial charge in [-0.15, -0.1) is 0 Å². The number of ether oxygens (including phenoxy) is 1. The Morgan fingerprint density at radius 3 is 2.71 bits per heavy atom. The first-order chi connectivity index (χ1) is 13.6. The lowest BCUT2D eigenvalue weighted by Gasteiger charge is -2.13. The Morgan fingerprint density at radius 2 is 2.00 bits per heavy atom. The van der Waals surface area contributed by atoms with Crippen LogP contribution in [-0.2, 0) is 11.3 Å². The number of aromatic hydroxyl groups is 1. The molecule has 1 heterocycles. The molecule has 0 spiro atoms. The van der Waals surface area contributed by atoms with E-state index < -0.39 is 5.56 Å². The number of fused-ring (bicyclic) bond motifs is 1. The highest BCUT2D eigenvalue weighted by Gasteiger charge is 2.17. The van der Waals surface area contributed by atoms with Crippen LogP contribution in [0.1, 0.15) is 23.1 Å². The molecule has 3 aromatic rings. The van der Waals surface area contributed by atoms with Gasteiger partial charge >= 0.3 is 0 Å². The largest absolute Gasteiger partial charge is 0.494 e. The summed E-state index contributed by atoms with van der Waals surface area (Å²) < 4.78 is 6.21. The molecule has 142 valence electrons. The van der Waals surface area contributed by atoms with Crippen molar-refractivity contribution < 1.29 is 9.84 Å². The van der Waals surface area contributed by atoms with E-state index in [2.05, 4.69) is 4.99 Å². The highest BCUT2D eigenvalue weighted by atomic mass is 16.5. The summed E-state index contributed by atoms with van der Waals surface area (Å²) in [6.07, 6.45) is 2.04. The molecule has 0 radical (unpaired) electrons. The number of aliphatic imine (C=N–C) groups is 1. The second-order valence-electron chi connectivity index (χ2n) is 6.44. The van der Waals surface area contributed by atoms with E-state index in [0.717, 1.165) is 10.8 Å². The van der Waals surface area contributed by atoms with Gasteiger partial charge in [-0.25, -0.2) is 0 Å². The summed E-state index contributed by atoms with van der Waals surface area (Å²) in [6.45, 7) is 2.34. The van der Waals surface area contributed by atoms with Crippen LogP contribution in [-0.4, -0.2) is 29.6 Å². The minimum atomic E-state index is -0.503. The van der Waals surface area contributed by atoms with Crippen LogP contribution in [0, 0.1) is 18.3 Å². The van der Waals surface area contributed by atoms with Gasteiger partial charge in [-0.2, -0.15) is 5.26 Å². The Balaban J connectivity index is 2.04. The molecule has 28 heavy (non-hydrogen) atoms. The maximum absolute atomic E-state index is 12.5. The lowest BCUT2D eigenvalue weighted by atomic mass is 10.1. The Morgan fingerprint density at radius 1 is 1.25 bits per heavy atom. The quantitative estimate of drug-likeness (QED) is 0.526. The average Bonchev–Trinajstić information content (AvgIpc) is 2.70. The lowest BCUT2D eigenvalue weighted by molar-refractivity contribution is 0.188. The van der Waals surface area contributed by atoms with Gasteiger partial charge in [0.1, 0.15) is 11.6 Å². The zero-order chi connectivity index (χ0) is 20.1. The average molecular weight is 375 g/mol. The van der Waals surface area contributed by atoms with Gasteiger partial charge < -0.3 is 9.84 Å². The van der Waals surface area contributed by atoms with Crippen molar-refractivity contribution in [3.8, 4) is 11.9 Å². The molecule has 0 unspecified atom stereocenters. The Labute approximate surface area is 163 Å². The molecule has 0 aliphatic carbocycles. The molecule has 6 heteroatoms. The van der Waals surface area contributed by atoms with E-state index in [9.17, 15) is 15.2 Å². The highest BCUT2D eigenvalue weighted by molar-refractivity contribution is 5.90. The van der Waals surface area contributed by atoms with Crippen LogP contribution >= 0.6 is 0 Å². The number of hydrogen-bond donors (Lipinski definition) is 1. The van der Waals surface area contributed by atoms with Gasteiger partial charge in [0.25, 0.3) is 5.56 Å². The van der Waals surface area contributed by atoms with Crippen molar-refractivity contribution in [1.29, 1.82) is 5.26 Å².